The van der Waals surface area contributed by atoms with Gasteiger partial charge in [-0.25, -0.2) is 4.79 Å². The predicted octanol–water partition coefficient (Wildman–Crippen LogP) is 1.52. The molecule has 1 saturated heterocycles. The summed E-state index contributed by atoms with van der Waals surface area (Å²) in [6.07, 6.45) is 2.60. The van der Waals surface area contributed by atoms with Crippen molar-refractivity contribution in [2.75, 3.05) is 6.61 Å². The molecule has 1 fully saturated rings. The van der Waals surface area contributed by atoms with E-state index in [1.165, 1.54) is 0 Å². The number of hydrogen-bond acceptors (Lipinski definition) is 4. The molecule has 1 unspecified atom stereocenters. The molecule has 1 rings (SSSR count). The van der Waals surface area contributed by atoms with Gasteiger partial charge in [0.2, 0.25) is 5.79 Å². The molecule has 0 bridgehead atoms. The second kappa shape index (κ2) is 3.79. The van der Waals surface area contributed by atoms with E-state index in [9.17, 15) is 4.79 Å². The average Bonchev–Trinajstić information content (AvgIpc) is 2.04. The van der Waals surface area contributed by atoms with E-state index in [0.29, 0.717) is 13.0 Å². The van der Waals surface area contributed by atoms with E-state index in [-0.39, 0.29) is 0 Å². The Hall–Kier alpha value is -1.03. The van der Waals surface area contributed by atoms with Crippen LogP contribution in [0.15, 0.2) is 12.3 Å². The predicted molar refractivity (Wildman–Crippen MR) is 46.1 cm³/mol. The van der Waals surface area contributed by atoms with Crippen LogP contribution >= 0.6 is 0 Å². The minimum Gasteiger partial charge on any atom is -0.502 e. The Bertz CT molecular complexity index is 216. The summed E-state index contributed by atoms with van der Waals surface area (Å²) < 4.78 is 10.2. The first-order valence-corrected chi connectivity index (χ1v) is 4.29. The van der Waals surface area contributed by atoms with Gasteiger partial charge in [-0.2, -0.15) is 0 Å². The molecule has 0 amide bonds. The summed E-state index contributed by atoms with van der Waals surface area (Å²) in [5.74, 6) is -2.29. The lowest BCUT2D eigenvalue weighted by molar-refractivity contribution is -0.236. The van der Waals surface area contributed by atoms with E-state index in [1.807, 2.05) is 0 Å². The number of esters is 1. The molecule has 13 heavy (non-hydrogen) atoms. The molecule has 4 heteroatoms. The van der Waals surface area contributed by atoms with Gasteiger partial charge >= 0.3 is 5.97 Å². The standard InChI is InChI=1S/C9H14O4/c1-7(10)8(11)13-9(2)5-3-4-6-12-9/h10H,1,3-6H2,2H3. The van der Waals surface area contributed by atoms with Crippen molar-refractivity contribution in [3.05, 3.63) is 12.3 Å². The molecule has 74 valence electrons. The molecular weight excluding hydrogens is 172 g/mol. The van der Waals surface area contributed by atoms with Crippen LogP contribution in [0.3, 0.4) is 0 Å². The number of carbonyl (C=O) groups excluding carboxylic acids is 1. The van der Waals surface area contributed by atoms with Crippen LogP contribution < -0.4 is 0 Å². The van der Waals surface area contributed by atoms with Crippen LogP contribution in [0.25, 0.3) is 0 Å². The molecule has 1 N–H and O–H groups in total. The summed E-state index contributed by atoms with van der Waals surface area (Å²) in [6.45, 7) is 5.35. The highest BCUT2D eigenvalue weighted by Crippen LogP contribution is 2.26. The lowest BCUT2D eigenvalue weighted by atomic mass is 10.1. The maximum atomic E-state index is 11.0. The number of rotatable bonds is 2. The minimum atomic E-state index is -0.888. The van der Waals surface area contributed by atoms with Gasteiger partial charge in [-0.1, -0.05) is 0 Å². The van der Waals surface area contributed by atoms with E-state index in [4.69, 9.17) is 14.6 Å². The van der Waals surface area contributed by atoms with Crippen LogP contribution in [-0.2, 0) is 14.3 Å². The summed E-state index contributed by atoms with van der Waals surface area (Å²) in [4.78, 5) is 11.0. The third-order valence-corrected chi connectivity index (χ3v) is 1.98. The molecule has 1 aliphatic rings. The Balaban J connectivity index is 2.50. The average molecular weight is 186 g/mol. The lowest BCUT2D eigenvalue weighted by Gasteiger charge is -2.32. The number of carbonyl (C=O) groups is 1. The summed E-state index contributed by atoms with van der Waals surface area (Å²) in [7, 11) is 0. The fraction of sp³-hybridized carbons (Fsp3) is 0.667. The lowest BCUT2D eigenvalue weighted by Crippen LogP contribution is -2.38. The molecule has 1 aliphatic heterocycles. The van der Waals surface area contributed by atoms with Crippen LogP contribution in [0.5, 0.6) is 0 Å². The van der Waals surface area contributed by atoms with Gasteiger partial charge in [-0.3, -0.25) is 0 Å². The van der Waals surface area contributed by atoms with Crippen LogP contribution in [0, 0.1) is 0 Å². The minimum absolute atomic E-state index is 0.585. The van der Waals surface area contributed by atoms with Crippen molar-refractivity contribution in [2.24, 2.45) is 0 Å². The number of aliphatic hydroxyl groups excluding tert-OH is 1. The van der Waals surface area contributed by atoms with E-state index < -0.39 is 17.5 Å². The van der Waals surface area contributed by atoms with Gasteiger partial charge in [0.1, 0.15) is 0 Å². The number of ether oxygens (including phenoxy) is 2. The van der Waals surface area contributed by atoms with Crippen LogP contribution in [0.4, 0.5) is 0 Å². The van der Waals surface area contributed by atoms with Gasteiger partial charge < -0.3 is 14.6 Å². The van der Waals surface area contributed by atoms with E-state index in [0.717, 1.165) is 12.8 Å². The molecule has 0 aromatic carbocycles. The summed E-state index contributed by atoms with van der Waals surface area (Å²) >= 11 is 0. The summed E-state index contributed by atoms with van der Waals surface area (Å²) in [5, 5.41) is 8.74. The van der Waals surface area contributed by atoms with Crippen molar-refractivity contribution in [3.8, 4) is 0 Å². The quantitative estimate of drug-likeness (QED) is 0.403. The Morgan fingerprint density at radius 2 is 2.31 bits per heavy atom. The Morgan fingerprint density at radius 3 is 2.77 bits per heavy atom. The second-order valence-corrected chi connectivity index (χ2v) is 3.28. The Kier molecular flexibility index (Phi) is 2.93. The normalized spacial score (nSPS) is 28.1. The SMILES string of the molecule is C=C(O)C(=O)OC1(C)CCCCO1. The highest BCUT2D eigenvalue weighted by molar-refractivity contribution is 5.85. The Morgan fingerprint density at radius 1 is 1.62 bits per heavy atom. The van der Waals surface area contributed by atoms with Crippen molar-refractivity contribution in [1.82, 2.24) is 0 Å². The second-order valence-electron chi connectivity index (χ2n) is 3.28. The largest absolute Gasteiger partial charge is 0.502 e. The number of aliphatic hydroxyl groups is 1. The molecule has 1 heterocycles. The first-order valence-electron chi connectivity index (χ1n) is 4.29. The van der Waals surface area contributed by atoms with Crippen molar-refractivity contribution in [1.29, 1.82) is 0 Å². The van der Waals surface area contributed by atoms with Gasteiger partial charge in [0.25, 0.3) is 0 Å². The fourth-order valence-corrected chi connectivity index (χ4v) is 1.24. The van der Waals surface area contributed by atoms with Crippen molar-refractivity contribution < 1.29 is 19.4 Å². The molecular formula is C9H14O4. The topological polar surface area (TPSA) is 55.8 Å². The molecule has 0 radical (unpaired) electrons. The van der Waals surface area contributed by atoms with Gasteiger partial charge in [0, 0.05) is 13.3 Å². The number of hydrogen-bond donors (Lipinski definition) is 1. The zero-order valence-electron chi connectivity index (χ0n) is 7.71. The molecule has 4 nitrogen and oxygen atoms in total. The summed E-state index contributed by atoms with van der Waals surface area (Å²) in [6, 6.07) is 0. The molecule has 0 aromatic rings. The fourth-order valence-electron chi connectivity index (χ4n) is 1.24. The first kappa shape index (κ1) is 10.1. The van der Waals surface area contributed by atoms with Gasteiger partial charge in [-0.05, 0) is 19.4 Å². The maximum absolute atomic E-state index is 11.0. The van der Waals surface area contributed by atoms with Crippen LogP contribution in [0.1, 0.15) is 26.2 Å². The Labute approximate surface area is 77.1 Å². The molecule has 0 saturated carbocycles. The van der Waals surface area contributed by atoms with E-state index in [1.54, 1.807) is 6.92 Å². The maximum Gasteiger partial charge on any atom is 0.375 e. The monoisotopic (exact) mass is 186 g/mol. The highest BCUT2D eigenvalue weighted by atomic mass is 16.7. The van der Waals surface area contributed by atoms with Gasteiger partial charge in [0.05, 0.1) is 6.61 Å². The van der Waals surface area contributed by atoms with Crippen molar-refractivity contribution in [2.45, 2.75) is 32.0 Å². The zero-order valence-corrected chi connectivity index (χ0v) is 7.71. The van der Waals surface area contributed by atoms with Gasteiger partial charge in [0.15, 0.2) is 5.76 Å². The summed E-state index contributed by atoms with van der Waals surface area (Å²) in [5.41, 5.74) is 0. The van der Waals surface area contributed by atoms with Crippen molar-refractivity contribution >= 4 is 5.97 Å². The zero-order chi connectivity index (χ0) is 9.90. The van der Waals surface area contributed by atoms with E-state index in [2.05, 4.69) is 6.58 Å². The van der Waals surface area contributed by atoms with Gasteiger partial charge in [-0.15, -0.1) is 0 Å². The molecule has 0 aliphatic carbocycles. The molecule has 0 spiro atoms. The van der Waals surface area contributed by atoms with E-state index >= 15 is 0 Å². The highest BCUT2D eigenvalue weighted by Gasteiger charge is 2.32. The molecule has 0 aromatic heterocycles. The third kappa shape index (κ3) is 2.73. The smallest absolute Gasteiger partial charge is 0.375 e. The first-order chi connectivity index (χ1) is 6.03. The van der Waals surface area contributed by atoms with Crippen LogP contribution in [-0.4, -0.2) is 23.5 Å². The van der Waals surface area contributed by atoms with Crippen LogP contribution in [0.2, 0.25) is 0 Å². The third-order valence-electron chi connectivity index (χ3n) is 1.98. The van der Waals surface area contributed by atoms with Crippen molar-refractivity contribution in [3.63, 3.8) is 0 Å². The molecule has 1 atom stereocenters.